The lowest BCUT2D eigenvalue weighted by Crippen LogP contribution is -2.29. The first-order chi connectivity index (χ1) is 11.0. The third kappa shape index (κ3) is 5.19. The third-order valence-corrected chi connectivity index (χ3v) is 4.79. The van der Waals surface area contributed by atoms with Gasteiger partial charge in [-0.1, -0.05) is 42.8 Å². The lowest BCUT2D eigenvalue weighted by molar-refractivity contribution is -0.121. The van der Waals surface area contributed by atoms with Gasteiger partial charge < -0.3 is 5.32 Å². The summed E-state index contributed by atoms with van der Waals surface area (Å²) < 4.78 is 11.4. The van der Waals surface area contributed by atoms with Crippen LogP contribution in [0, 0.1) is 0 Å². The van der Waals surface area contributed by atoms with Gasteiger partial charge >= 0.3 is 0 Å². The van der Waals surface area contributed by atoms with E-state index in [-0.39, 0.29) is 11.9 Å². The Morgan fingerprint density at radius 2 is 1.91 bits per heavy atom. The Kier molecular flexibility index (Phi) is 6.37. The molecule has 0 aliphatic heterocycles. The largest absolute Gasteiger partial charge is 0.349 e. The summed E-state index contributed by atoms with van der Waals surface area (Å²) in [6.07, 6.45) is 2.73. The molecule has 0 aromatic heterocycles. The van der Waals surface area contributed by atoms with Crippen molar-refractivity contribution < 1.29 is 9.00 Å². The Morgan fingerprint density at radius 3 is 2.48 bits per heavy atom. The van der Waals surface area contributed by atoms with Gasteiger partial charge in [-0.05, 0) is 41.8 Å². The summed E-state index contributed by atoms with van der Waals surface area (Å²) in [5, 5.41) is 3.70. The number of hydrogen-bond donors (Lipinski definition) is 1. The van der Waals surface area contributed by atoms with E-state index in [1.807, 2.05) is 43.3 Å². The Labute approximate surface area is 144 Å². The molecule has 1 N–H and O–H groups in total. The standard InChI is InChI=1S/C18H20ClNO2S/c1-3-17(14-5-4-6-15(19)12-14)20-18(21)11-13-7-9-16(10-8-13)23(2)22/h4-10,12,17H,3,11H2,1-2H3,(H,20,21)/t17-,23-/m0/s1. The first kappa shape index (κ1) is 17.7. The van der Waals surface area contributed by atoms with E-state index in [1.54, 1.807) is 18.4 Å². The molecule has 0 unspecified atom stereocenters. The Hall–Kier alpha value is -1.65. The maximum absolute atomic E-state index is 12.3. The molecule has 3 nitrogen and oxygen atoms in total. The molecular weight excluding hydrogens is 330 g/mol. The normalized spacial score (nSPS) is 13.3. The van der Waals surface area contributed by atoms with Crippen molar-refractivity contribution in [2.45, 2.75) is 30.7 Å². The molecule has 2 aromatic rings. The molecule has 0 saturated heterocycles. The molecule has 0 saturated carbocycles. The number of carbonyl (C=O) groups is 1. The lowest BCUT2D eigenvalue weighted by Gasteiger charge is -2.18. The van der Waals surface area contributed by atoms with E-state index in [0.717, 1.165) is 22.4 Å². The molecule has 0 aliphatic rings. The molecule has 0 spiro atoms. The van der Waals surface area contributed by atoms with E-state index in [2.05, 4.69) is 5.32 Å². The van der Waals surface area contributed by atoms with Gasteiger partial charge in [-0.25, -0.2) is 0 Å². The van der Waals surface area contributed by atoms with Gasteiger partial charge in [0.2, 0.25) is 5.91 Å². The van der Waals surface area contributed by atoms with Gasteiger partial charge in [-0.15, -0.1) is 0 Å². The fraction of sp³-hybridized carbons (Fsp3) is 0.278. The van der Waals surface area contributed by atoms with Crippen LogP contribution in [0.2, 0.25) is 5.02 Å². The summed E-state index contributed by atoms with van der Waals surface area (Å²) >= 11 is 6.01. The van der Waals surface area contributed by atoms with Gasteiger partial charge in [0.25, 0.3) is 0 Å². The molecule has 2 atom stereocenters. The average Bonchev–Trinajstić information content (AvgIpc) is 2.53. The number of amides is 1. The minimum Gasteiger partial charge on any atom is -0.349 e. The van der Waals surface area contributed by atoms with Crippen LogP contribution >= 0.6 is 11.6 Å². The number of carbonyl (C=O) groups excluding carboxylic acids is 1. The molecule has 5 heteroatoms. The van der Waals surface area contributed by atoms with Crippen LogP contribution in [0.25, 0.3) is 0 Å². The van der Waals surface area contributed by atoms with E-state index in [0.29, 0.717) is 11.4 Å². The van der Waals surface area contributed by atoms with Crippen molar-refractivity contribution in [2.75, 3.05) is 6.26 Å². The molecule has 23 heavy (non-hydrogen) atoms. The van der Waals surface area contributed by atoms with Crippen LogP contribution in [0.15, 0.2) is 53.4 Å². The van der Waals surface area contributed by atoms with Crippen molar-refractivity contribution in [1.82, 2.24) is 5.32 Å². The van der Waals surface area contributed by atoms with Crippen molar-refractivity contribution in [2.24, 2.45) is 0 Å². The molecule has 122 valence electrons. The Balaban J connectivity index is 2.01. The number of rotatable bonds is 6. The fourth-order valence-corrected chi connectivity index (χ4v) is 3.09. The SMILES string of the molecule is CC[C@H](NC(=O)Cc1ccc([S@](C)=O)cc1)c1cccc(Cl)c1. The molecular formula is C18H20ClNO2S. The van der Waals surface area contributed by atoms with Crippen LogP contribution in [0.3, 0.4) is 0 Å². The molecule has 2 rings (SSSR count). The second-order valence-corrected chi connectivity index (χ2v) is 7.17. The predicted octanol–water partition coefficient (Wildman–Crippen LogP) is 3.89. The molecule has 0 aliphatic carbocycles. The first-order valence-electron chi connectivity index (χ1n) is 7.46. The Bertz CT molecular complexity index is 700. The summed E-state index contributed by atoms with van der Waals surface area (Å²) in [4.78, 5) is 13.0. The third-order valence-electron chi connectivity index (χ3n) is 3.61. The van der Waals surface area contributed by atoms with Gasteiger partial charge in [0.1, 0.15) is 0 Å². The zero-order valence-electron chi connectivity index (χ0n) is 13.2. The lowest BCUT2D eigenvalue weighted by atomic mass is 10.0. The predicted molar refractivity (Wildman–Crippen MR) is 95.1 cm³/mol. The van der Waals surface area contributed by atoms with Gasteiger partial charge in [0, 0.05) is 27.0 Å². The summed E-state index contributed by atoms with van der Waals surface area (Å²) in [5.74, 6) is -0.0396. The topological polar surface area (TPSA) is 46.2 Å². The fourth-order valence-electron chi connectivity index (χ4n) is 2.37. The second kappa shape index (κ2) is 8.27. The summed E-state index contributed by atoms with van der Waals surface area (Å²) in [6.45, 7) is 2.03. The number of hydrogen-bond acceptors (Lipinski definition) is 2. The highest BCUT2D eigenvalue weighted by atomic mass is 35.5. The van der Waals surface area contributed by atoms with Crippen molar-refractivity contribution >= 4 is 28.3 Å². The molecule has 0 radical (unpaired) electrons. The van der Waals surface area contributed by atoms with Crippen LogP contribution in [0.5, 0.6) is 0 Å². The van der Waals surface area contributed by atoms with Crippen LogP contribution in [0.4, 0.5) is 0 Å². The van der Waals surface area contributed by atoms with Crippen molar-refractivity contribution in [3.05, 3.63) is 64.7 Å². The van der Waals surface area contributed by atoms with Gasteiger partial charge in [-0.2, -0.15) is 0 Å². The zero-order chi connectivity index (χ0) is 16.8. The van der Waals surface area contributed by atoms with Crippen molar-refractivity contribution in [1.29, 1.82) is 0 Å². The number of nitrogens with one attached hydrogen (secondary N) is 1. The van der Waals surface area contributed by atoms with Gasteiger partial charge in [-0.3, -0.25) is 9.00 Å². The molecule has 2 aromatic carbocycles. The van der Waals surface area contributed by atoms with E-state index in [9.17, 15) is 9.00 Å². The van der Waals surface area contributed by atoms with Crippen LogP contribution < -0.4 is 5.32 Å². The minimum absolute atomic E-state index is 0.0396. The quantitative estimate of drug-likeness (QED) is 0.860. The average molecular weight is 350 g/mol. The van der Waals surface area contributed by atoms with E-state index in [1.165, 1.54) is 0 Å². The van der Waals surface area contributed by atoms with Gasteiger partial charge in [0.05, 0.1) is 12.5 Å². The minimum atomic E-state index is -1.00. The van der Waals surface area contributed by atoms with E-state index in [4.69, 9.17) is 11.6 Å². The van der Waals surface area contributed by atoms with E-state index >= 15 is 0 Å². The highest BCUT2D eigenvalue weighted by Gasteiger charge is 2.13. The zero-order valence-corrected chi connectivity index (χ0v) is 14.8. The second-order valence-electron chi connectivity index (χ2n) is 5.36. The molecule has 0 heterocycles. The van der Waals surface area contributed by atoms with Crippen LogP contribution in [-0.4, -0.2) is 16.4 Å². The van der Waals surface area contributed by atoms with Crippen molar-refractivity contribution in [3.63, 3.8) is 0 Å². The highest BCUT2D eigenvalue weighted by Crippen LogP contribution is 2.20. The summed E-state index contributed by atoms with van der Waals surface area (Å²) in [5.41, 5.74) is 1.91. The van der Waals surface area contributed by atoms with Crippen LogP contribution in [-0.2, 0) is 22.0 Å². The summed E-state index contributed by atoms with van der Waals surface area (Å²) in [7, 11) is -1.00. The smallest absolute Gasteiger partial charge is 0.224 e. The van der Waals surface area contributed by atoms with E-state index < -0.39 is 10.8 Å². The number of benzene rings is 2. The first-order valence-corrected chi connectivity index (χ1v) is 9.40. The Morgan fingerprint density at radius 1 is 1.22 bits per heavy atom. The monoisotopic (exact) mass is 349 g/mol. The summed E-state index contributed by atoms with van der Waals surface area (Å²) in [6, 6.07) is 14.8. The van der Waals surface area contributed by atoms with Crippen molar-refractivity contribution in [3.8, 4) is 0 Å². The molecule has 1 amide bonds. The van der Waals surface area contributed by atoms with Gasteiger partial charge in [0.15, 0.2) is 0 Å². The maximum Gasteiger partial charge on any atom is 0.224 e. The van der Waals surface area contributed by atoms with Crippen LogP contribution in [0.1, 0.15) is 30.5 Å². The molecule has 0 fully saturated rings. The highest BCUT2D eigenvalue weighted by molar-refractivity contribution is 7.84. The maximum atomic E-state index is 12.3. The number of halogens is 1. The molecule has 0 bridgehead atoms.